The fourth-order valence-electron chi connectivity index (χ4n) is 1.67. The van der Waals surface area contributed by atoms with Crippen molar-refractivity contribution in [1.29, 1.82) is 0 Å². The number of carbonyl (C=O) groups is 1. The number of phenolic OH excluding ortho intramolecular Hbond substituents is 1. The van der Waals surface area contributed by atoms with E-state index in [1.54, 1.807) is 24.3 Å². The Labute approximate surface area is 115 Å². The average molecular weight is 269 g/mol. The van der Waals surface area contributed by atoms with Gasteiger partial charge in [-0.2, -0.15) is 0 Å². The SMILES string of the molecule is O=C(/C=C/c1ccc([N+](=O)[O-])c(O)c1)c1ccccc1. The van der Waals surface area contributed by atoms with Gasteiger partial charge in [0.1, 0.15) is 0 Å². The van der Waals surface area contributed by atoms with E-state index >= 15 is 0 Å². The molecule has 0 saturated heterocycles. The lowest BCUT2D eigenvalue weighted by Crippen LogP contribution is -1.93. The van der Waals surface area contributed by atoms with E-state index in [0.717, 1.165) is 0 Å². The predicted molar refractivity (Wildman–Crippen MR) is 74.6 cm³/mol. The Bertz CT molecular complexity index is 678. The van der Waals surface area contributed by atoms with Crippen LogP contribution in [0.2, 0.25) is 0 Å². The molecule has 0 radical (unpaired) electrons. The van der Waals surface area contributed by atoms with Crippen molar-refractivity contribution in [3.8, 4) is 5.75 Å². The molecule has 2 rings (SSSR count). The van der Waals surface area contributed by atoms with Crippen LogP contribution in [0.15, 0.2) is 54.6 Å². The maximum absolute atomic E-state index is 11.8. The summed E-state index contributed by atoms with van der Waals surface area (Å²) in [6.07, 6.45) is 2.86. The van der Waals surface area contributed by atoms with Crippen LogP contribution >= 0.6 is 0 Å². The summed E-state index contributed by atoms with van der Waals surface area (Å²) in [6.45, 7) is 0. The van der Waals surface area contributed by atoms with Crippen molar-refractivity contribution in [3.05, 3.63) is 75.8 Å². The summed E-state index contributed by atoms with van der Waals surface area (Å²) < 4.78 is 0. The molecule has 1 N–H and O–H groups in total. The van der Waals surface area contributed by atoms with Gasteiger partial charge in [0.15, 0.2) is 11.5 Å². The summed E-state index contributed by atoms with van der Waals surface area (Å²) in [6, 6.07) is 12.6. The van der Waals surface area contributed by atoms with E-state index in [2.05, 4.69) is 0 Å². The molecule has 0 amide bonds. The van der Waals surface area contributed by atoms with Crippen molar-refractivity contribution in [1.82, 2.24) is 0 Å². The summed E-state index contributed by atoms with van der Waals surface area (Å²) in [7, 11) is 0. The smallest absolute Gasteiger partial charge is 0.310 e. The fraction of sp³-hybridized carbons (Fsp3) is 0. The molecule has 2 aromatic carbocycles. The normalized spacial score (nSPS) is 10.6. The molecule has 100 valence electrons. The molecule has 0 heterocycles. The zero-order valence-electron chi connectivity index (χ0n) is 10.4. The number of benzene rings is 2. The zero-order valence-corrected chi connectivity index (χ0v) is 10.4. The van der Waals surface area contributed by atoms with Gasteiger partial charge < -0.3 is 5.11 Å². The number of carbonyl (C=O) groups excluding carboxylic acids is 1. The second-order valence-electron chi connectivity index (χ2n) is 4.07. The largest absolute Gasteiger partial charge is 0.502 e. The lowest BCUT2D eigenvalue weighted by molar-refractivity contribution is -0.385. The number of rotatable bonds is 4. The Hall–Kier alpha value is -2.95. The molecule has 0 fully saturated rings. The molecular weight excluding hydrogens is 258 g/mol. The highest BCUT2D eigenvalue weighted by Crippen LogP contribution is 2.26. The molecule has 0 bridgehead atoms. The number of phenols is 1. The number of hydrogen-bond acceptors (Lipinski definition) is 4. The van der Waals surface area contributed by atoms with E-state index < -0.39 is 10.7 Å². The van der Waals surface area contributed by atoms with Crippen LogP contribution in [0.3, 0.4) is 0 Å². The van der Waals surface area contributed by atoms with Crippen LogP contribution < -0.4 is 0 Å². The van der Waals surface area contributed by atoms with E-state index in [-0.39, 0.29) is 11.5 Å². The van der Waals surface area contributed by atoms with Crippen LogP contribution in [-0.4, -0.2) is 15.8 Å². The van der Waals surface area contributed by atoms with Crippen LogP contribution in [0.4, 0.5) is 5.69 Å². The predicted octanol–water partition coefficient (Wildman–Crippen LogP) is 3.20. The van der Waals surface area contributed by atoms with E-state index in [0.29, 0.717) is 11.1 Å². The molecule has 0 aliphatic rings. The number of aromatic hydroxyl groups is 1. The topological polar surface area (TPSA) is 80.4 Å². The van der Waals surface area contributed by atoms with Gasteiger partial charge in [-0.15, -0.1) is 0 Å². The highest BCUT2D eigenvalue weighted by Gasteiger charge is 2.12. The third-order valence-corrected chi connectivity index (χ3v) is 2.68. The Morgan fingerprint density at radius 3 is 2.45 bits per heavy atom. The van der Waals surface area contributed by atoms with Gasteiger partial charge in [-0.05, 0) is 23.8 Å². The lowest BCUT2D eigenvalue weighted by atomic mass is 10.1. The third-order valence-electron chi connectivity index (χ3n) is 2.68. The monoisotopic (exact) mass is 269 g/mol. The first-order valence-electron chi connectivity index (χ1n) is 5.83. The average Bonchev–Trinajstić information content (AvgIpc) is 2.45. The van der Waals surface area contributed by atoms with Gasteiger partial charge in [0, 0.05) is 11.6 Å². The minimum atomic E-state index is -0.669. The van der Waals surface area contributed by atoms with Gasteiger partial charge in [0.2, 0.25) is 0 Å². The number of hydrogen-bond donors (Lipinski definition) is 1. The van der Waals surface area contributed by atoms with Crippen molar-refractivity contribution in [2.24, 2.45) is 0 Å². The molecule has 0 aromatic heterocycles. The fourth-order valence-corrected chi connectivity index (χ4v) is 1.67. The maximum atomic E-state index is 11.8. The molecule has 0 atom stereocenters. The highest BCUT2D eigenvalue weighted by molar-refractivity contribution is 6.06. The Morgan fingerprint density at radius 2 is 1.85 bits per heavy atom. The maximum Gasteiger partial charge on any atom is 0.310 e. The summed E-state index contributed by atoms with van der Waals surface area (Å²) >= 11 is 0. The van der Waals surface area contributed by atoms with Crippen LogP contribution in [0.25, 0.3) is 6.08 Å². The zero-order chi connectivity index (χ0) is 14.5. The Balaban J connectivity index is 2.18. The minimum absolute atomic E-state index is 0.177. The third kappa shape index (κ3) is 3.08. The number of ketones is 1. The number of nitro benzene ring substituents is 1. The molecule has 0 spiro atoms. The van der Waals surface area contributed by atoms with Crippen molar-refractivity contribution in [3.63, 3.8) is 0 Å². The van der Waals surface area contributed by atoms with Crippen molar-refractivity contribution < 1.29 is 14.8 Å². The first kappa shape index (κ1) is 13.5. The molecule has 0 aliphatic heterocycles. The van der Waals surface area contributed by atoms with E-state index in [1.807, 2.05) is 6.07 Å². The van der Waals surface area contributed by atoms with Gasteiger partial charge in [-0.1, -0.05) is 36.4 Å². The second kappa shape index (κ2) is 5.79. The molecule has 20 heavy (non-hydrogen) atoms. The van der Waals surface area contributed by atoms with E-state index in [9.17, 15) is 20.0 Å². The molecule has 5 nitrogen and oxygen atoms in total. The second-order valence-corrected chi connectivity index (χ2v) is 4.07. The molecule has 0 aliphatic carbocycles. The quantitative estimate of drug-likeness (QED) is 0.400. The summed E-state index contributed by atoms with van der Waals surface area (Å²) in [5.41, 5.74) is 0.698. The first-order chi connectivity index (χ1) is 9.58. The lowest BCUT2D eigenvalue weighted by Gasteiger charge is -1.98. The molecule has 2 aromatic rings. The summed E-state index contributed by atoms with van der Waals surface area (Å²) in [4.78, 5) is 21.7. The van der Waals surface area contributed by atoms with Crippen LogP contribution in [0.5, 0.6) is 5.75 Å². The highest BCUT2D eigenvalue weighted by atomic mass is 16.6. The van der Waals surface area contributed by atoms with Gasteiger partial charge in [-0.3, -0.25) is 14.9 Å². The molecule has 0 saturated carbocycles. The van der Waals surface area contributed by atoms with Crippen LogP contribution in [0, 0.1) is 10.1 Å². The molecular formula is C15H11NO4. The number of nitrogens with zero attached hydrogens (tertiary/aromatic N) is 1. The van der Waals surface area contributed by atoms with Gasteiger partial charge in [0.25, 0.3) is 0 Å². The van der Waals surface area contributed by atoms with E-state index in [1.165, 1.54) is 30.4 Å². The summed E-state index contributed by atoms with van der Waals surface area (Å²) in [5.74, 6) is -0.604. The van der Waals surface area contributed by atoms with E-state index in [4.69, 9.17) is 0 Å². The minimum Gasteiger partial charge on any atom is -0.502 e. The van der Waals surface area contributed by atoms with Gasteiger partial charge >= 0.3 is 5.69 Å². The Kier molecular flexibility index (Phi) is 3.91. The molecule has 5 heteroatoms. The van der Waals surface area contributed by atoms with Crippen molar-refractivity contribution in [2.45, 2.75) is 0 Å². The van der Waals surface area contributed by atoms with Crippen molar-refractivity contribution >= 4 is 17.5 Å². The van der Waals surface area contributed by atoms with Crippen LogP contribution in [-0.2, 0) is 0 Å². The van der Waals surface area contributed by atoms with Crippen LogP contribution in [0.1, 0.15) is 15.9 Å². The number of nitro groups is 1. The Morgan fingerprint density at radius 1 is 1.15 bits per heavy atom. The number of allylic oxidation sites excluding steroid dienone is 1. The van der Waals surface area contributed by atoms with Crippen molar-refractivity contribution in [2.75, 3.05) is 0 Å². The first-order valence-corrected chi connectivity index (χ1v) is 5.83. The standard InChI is InChI=1S/C15H11NO4/c17-14(12-4-2-1-3-5-12)9-7-11-6-8-13(16(19)20)15(18)10-11/h1-10,18H/b9-7+. The summed E-state index contributed by atoms with van der Waals surface area (Å²) in [5, 5.41) is 20.0. The van der Waals surface area contributed by atoms with Gasteiger partial charge in [-0.25, -0.2) is 0 Å². The van der Waals surface area contributed by atoms with Gasteiger partial charge in [0.05, 0.1) is 4.92 Å². The molecule has 0 unspecified atom stereocenters.